The third-order valence-electron chi connectivity index (χ3n) is 5.37. The number of phenols is 1. The average Bonchev–Trinajstić information content (AvgIpc) is 3.68. The minimum Gasteiger partial charge on any atom is -0.507 e. The van der Waals surface area contributed by atoms with E-state index < -0.39 is 27.3 Å². The molecule has 0 aliphatic heterocycles. The number of rotatable bonds is 10. The van der Waals surface area contributed by atoms with Crippen molar-refractivity contribution < 1.29 is 28.2 Å². The molecule has 4 N–H and O–H groups in total. The van der Waals surface area contributed by atoms with E-state index in [0.29, 0.717) is 18.2 Å². The van der Waals surface area contributed by atoms with E-state index in [1.165, 1.54) is 42.6 Å². The summed E-state index contributed by atoms with van der Waals surface area (Å²) in [5.74, 6) is -1.56. The molecule has 11 nitrogen and oxygen atoms in total. The molecule has 1 amide bonds. The fraction of sp³-hybridized carbons (Fsp3) is 0.208. The quantitative estimate of drug-likeness (QED) is 0.301. The van der Waals surface area contributed by atoms with Crippen molar-refractivity contribution in [3.8, 4) is 5.75 Å². The van der Waals surface area contributed by atoms with Crippen LogP contribution in [-0.4, -0.2) is 42.0 Å². The summed E-state index contributed by atoms with van der Waals surface area (Å²) in [6.45, 7) is 0.549. The molecule has 3 aromatic rings. The molecule has 0 saturated heterocycles. The molecule has 0 unspecified atom stereocenters. The van der Waals surface area contributed by atoms with Crippen molar-refractivity contribution in [2.45, 2.75) is 24.2 Å². The largest absolute Gasteiger partial charge is 0.507 e. The number of carboxylic acid groups (broad SMARTS) is 1. The standard InChI is InChI=1S/C24H23N5O6S/c30-22(26-14-15-4-5-15)12-16-11-18(13-20(23(16)31)24(32)33)28-27-17-6-8-19(9-7-17)36(34,35)29-21-3-1-2-10-25-21/h1-3,6-11,13,15,31H,4-5,12,14H2,(H,25,29)(H,26,30)(H,32,33). The lowest BCUT2D eigenvalue weighted by Crippen LogP contribution is -2.27. The summed E-state index contributed by atoms with van der Waals surface area (Å²) in [6, 6.07) is 12.9. The summed E-state index contributed by atoms with van der Waals surface area (Å²) in [5.41, 5.74) is 0.127. The SMILES string of the molecule is O=C(Cc1cc(N=Nc2ccc(S(=O)(=O)Nc3ccccn3)cc2)cc(C(=O)O)c1O)NCC1CC1. The number of nitrogens with one attached hydrogen (secondary N) is 2. The van der Waals surface area contributed by atoms with Crippen LogP contribution in [0.5, 0.6) is 5.75 Å². The molecule has 0 bridgehead atoms. The van der Waals surface area contributed by atoms with Gasteiger partial charge in [-0.1, -0.05) is 6.07 Å². The highest BCUT2D eigenvalue weighted by atomic mass is 32.2. The van der Waals surface area contributed by atoms with Crippen LogP contribution in [0.25, 0.3) is 0 Å². The van der Waals surface area contributed by atoms with Crippen molar-refractivity contribution in [1.29, 1.82) is 0 Å². The van der Waals surface area contributed by atoms with Gasteiger partial charge in [0, 0.05) is 18.3 Å². The van der Waals surface area contributed by atoms with E-state index in [1.54, 1.807) is 12.1 Å². The number of carbonyl (C=O) groups excluding carboxylic acids is 1. The van der Waals surface area contributed by atoms with E-state index in [-0.39, 0.29) is 34.3 Å². The Morgan fingerprint density at radius 1 is 1.03 bits per heavy atom. The molecule has 1 aliphatic carbocycles. The molecule has 0 radical (unpaired) electrons. The first-order valence-corrected chi connectivity index (χ1v) is 12.5. The number of hydrogen-bond donors (Lipinski definition) is 4. The number of hydrogen-bond acceptors (Lipinski definition) is 8. The zero-order valence-electron chi connectivity index (χ0n) is 19.0. The van der Waals surface area contributed by atoms with Gasteiger partial charge in [-0.25, -0.2) is 18.2 Å². The molecule has 2 aromatic carbocycles. The van der Waals surface area contributed by atoms with Gasteiger partial charge in [-0.2, -0.15) is 10.2 Å². The van der Waals surface area contributed by atoms with Crippen molar-refractivity contribution in [3.05, 3.63) is 71.9 Å². The first-order valence-electron chi connectivity index (χ1n) is 11.0. The average molecular weight is 510 g/mol. The zero-order valence-corrected chi connectivity index (χ0v) is 19.8. The maximum atomic E-state index is 12.5. The Morgan fingerprint density at radius 3 is 2.39 bits per heavy atom. The lowest BCUT2D eigenvalue weighted by molar-refractivity contribution is -0.120. The lowest BCUT2D eigenvalue weighted by Gasteiger charge is -2.09. The Balaban J connectivity index is 1.50. The van der Waals surface area contributed by atoms with Crippen LogP contribution in [0.1, 0.15) is 28.8 Å². The Labute approximate surface area is 207 Å². The number of benzene rings is 2. The van der Waals surface area contributed by atoms with Gasteiger partial charge < -0.3 is 15.5 Å². The van der Waals surface area contributed by atoms with Crippen molar-refractivity contribution in [1.82, 2.24) is 10.3 Å². The molecular weight excluding hydrogens is 486 g/mol. The molecule has 1 heterocycles. The van der Waals surface area contributed by atoms with Gasteiger partial charge in [0.1, 0.15) is 17.1 Å². The second-order valence-electron chi connectivity index (χ2n) is 8.24. The van der Waals surface area contributed by atoms with E-state index in [1.807, 2.05) is 0 Å². The molecule has 1 saturated carbocycles. The number of anilines is 1. The minimum atomic E-state index is -3.86. The first kappa shape index (κ1) is 24.8. The summed E-state index contributed by atoms with van der Waals surface area (Å²) < 4.78 is 27.4. The van der Waals surface area contributed by atoms with Crippen LogP contribution >= 0.6 is 0 Å². The van der Waals surface area contributed by atoms with Gasteiger partial charge in [0.15, 0.2) is 0 Å². The Hall–Kier alpha value is -4.32. The molecule has 12 heteroatoms. The van der Waals surface area contributed by atoms with Crippen molar-refractivity contribution in [2.75, 3.05) is 11.3 Å². The zero-order chi connectivity index (χ0) is 25.7. The molecule has 36 heavy (non-hydrogen) atoms. The minimum absolute atomic E-state index is 0.00982. The molecule has 1 fully saturated rings. The normalized spacial score (nSPS) is 13.4. The summed E-state index contributed by atoms with van der Waals surface area (Å²) in [5, 5.41) is 30.6. The monoisotopic (exact) mass is 509 g/mol. The van der Waals surface area contributed by atoms with Gasteiger partial charge in [0.25, 0.3) is 10.0 Å². The molecule has 186 valence electrons. The number of pyridine rings is 1. The second kappa shape index (κ2) is 10.5. The van der Waals surface area contributed by atoms with E-state index >= 15 is 0 Å². The van der Waals surface area contributed by atoms with E-state index in [9.17, 15) is 28.2 Å². The fourth-order valence-corrected chi connectivity index (χ4v) is 4.28. The van der Waals surface area contributed by atoms with Gasteiger partial charge in [0.2, 0.25) is 5.91 Å². The highest BCUT2D eigenvalue weighted by molar-refractivity contribution is 7.92. The molecular formula is C24H23N5O6S. The lowest BCUT2D eigenvalue weighted by atomic mass is 10.0. The fourth-order valence-electron chi connectivity index (χ4n) is 3.28. The van der Waals surface area contributed by atoms with Crippen LogP contribution in [0.15, 0.2) is 75.9 Å². The Morgan fingerprint density at radius 2 is 1.75 bits per heavy atom. The summed E-state index contributed by atoms with van der Waals surface area (Å²) in [4.78, 5) is 27.7. The van der Waals surface area contributed by atoms with Gasteiger partial charge in [-0.05, 0) is 67.3 Å². The highest BCUT2D eigenvalue weighted by Crippen LogP contribution is 2.31. The van der Waals surface area contributed by atoms with Gasteiger partial charge in [-0.3, -0.25) is 9.52 Å². The van der Waals surface area contributed by atoms with Gasteiger partial charge in [-0.15, -0.1) is 0 Å². The van der Waals surface area contributed by atoms with Crippen molar-refractivity contribution >= 4 is 39.1 Å². The van der Waals surface area contributed by atoms with Crippen LogP contribution in [0, 0.1) is 5.92 Å². The Kier molecular flexibility index (Phi) is 7.25. The van der Waals surface area contributed by atoms with E-state index in [4.69, 9.17) is 0 Å². The number of amides is 1. The number of aromatic nitrogens is 1. The number of aromatic carboxylic acids is 1. The van der Waals surface area contributed by atoms with Crippen LogP contribution < -0.4 is 10.0 Å². The molecule has 0 atom stereocenters. The van der Waals surface area contributed by atoms with Crippen LogP contribution in [-0.2, 0) is 21.2 Å². The maximum Gasteiger partial charge on any atom is 0.339 e. The number of carbonyl (C=O) groups is 2. The number of azo groups is 1. The predicted octanol–water partition coefficient (Wildman–Crippen LogP) is 3.77. The van der Waals surface area contributed by atoms with Gasteiger partial charge in [0.05, 0.1) is 22.7 Å². The topological polar surface area (TPSA) is 170 Å². The predicted molar refractivity (Wildman–Crippen MR) is 130 cm³/mol. The number of aromatic hydroxyl groups is 1. The summed E-state index contributed by atoms with van der Waals surface area (Å²) in [7, 11) is -3.86. The molecule has 1 aliphatic rings. The van der Waals surface area contributed by atoms with Gasteiger partial charge >= 0.3 is 5.97 Å². The Bertz CT molecular complexity index is 1400. The second-order valence-corrected chi connectivity index (χ2v) is 9.93. The third-order valence-corrected chi connectivity index (χ3v) is 6.74. The molecule has 0 spiro atoms. The first-order chi connectivity index (χ1) is 17.2. The number of sulfonamides is 1. The summed E-state index contributed by atoms with van der Waals surface area (Å²) >= 11 is 0. The van der Waals surface area contributed by atoms with E-state index in [0.717, 1.165) is 18.9 Å². The molecule has 1 aromatic heterocycles. The van der Waals surface area contributed by atoms with Crippen molar-refractivity contribution in [3.63, 3.8) is 0 Å². The smallest absolute Gasteiger partial charge is 0.339 e. The maximum absolute atomic E-state index is 12.5. The van der Waals surface area contributed by atoms with Crippen LogP contribution in [0.4, 0.5) is 17.2 Å². The third kappa shape index (κ3) is 6.42. The number of nitrogens with zero attached hydrogens (tertiary/aromatic N) is 3. The summed E-state index contributed by atoms with van der Waals surface area (Å²) in [6.07, 6.45) is 3.39. The molecule has 4 rings (SSSR count). The highest BCUT2D eigenvalue weighted by Gasteiger charge is 2.23. The van der Waals surface area contributed by atoms with Crippen LogP contribution in [0.3, 0.4) is 0 Å². The van der Waals surface area contributed by atoms with E-state index in [2.05, 4.69) is 25.3 Å². The van der Waals surface area contributed by atoms with Crippen LogP contribution in [0.2, 0.25) is 0 Å². The number of carboxylic acids is 1. The van der Waals surface area contributed by atoms with Crippen molar-refractivity contribution in [2.24, 2.45) is 16.1 Å².